The monoisotopic (exact) mass is 1070 g/mol. The van der Waals surface area contributed by atoms with Crippen molar-refractivity contribution in [2.24, 2.45) is 0 Å². The predicted molar refractivity (Wildman–Crippen MR) is 344 cm³/mol. The minimum absolute atomic E-state index is 0.0143. The van der Waals surface area contributed by atoms with Crippen LogP contribution in [0.1, 0.15) is 105 Å². The van der Waals surface area contributed by atoms with Crippen LogP contribution < -0.4 is 31.5 Å². The van der Waals surface area contributed by atoms with Crippen LogP contribution in [0.25, 0.3) is 44.2 Å². The zero-order valence-corrected chi connectivity index (χ0v) is 49.4. The Morgan fingerprint density at radius 1 is 0.346 bits per heavy atom. The molecule has 5 heterocycles. The SMILES string of the molecule is CC(C)(C)c1ccc(-c2cccc3c4c(oc23)B2c3oc5c(-c6ccc(C(C)(C)C)cc6)cccc5c3N(c3ccc(C(C)(C)C)cc3)c3cc(N5c6ccccc6Sc6ccccc65)cc(c32)N4c2ccc(C(C)(C)C)cc2)cc1. The highest BCUT2D eigenvalue weighted by atomic mass is 32.2. The summed E-state index contributed by atoms with van der Waals surface area (Å²) in [6.45, 7) is 26.9. The maximum Gasteiger partial charge on any atom is 0.342 e. The summed E-state index contributed by atoms with van der Waals surface area (Å²) in [5.74, 6) is 0. The Kier molecular flexibility index (Phi) is 11.5. The van der Waals surface area contributed by atoms with Gasteiger partial charge in [-0.2, -0.15) is 0 Å². The van der Waals surface area contributed by atoms with Gasteiger partial charge in [0, 0.05) is 54.4 Å². The molecule has 0 saturated heterocycles. The van der Waals surface area contributed by atoms with Crippen LogP contribution in [0.3, 0.4) is 0 Å². The third-order valence-corrected chi connectivity index (χ3v) is 18.2. The van der Waals surface area contributed by atoms with E-state index in [4.69, 9.17) is 8.83 Å². The van der Waals surface area contributed by atoms with Crippen LogP contribution in [0.15, 0.2) is 213 Å². The van der Waals surface area contributed by atoms with E-state index in [0.29, 0.717) is 0 Å². The van der Waals surface area contributed by atoms with Crippen molar-refractivity contribution in [3.8, 4) is 22.3 Å². The number of hydrogen-bond donors (Lipinski definition) is 0. The zero-order chi connectivity index (χ0) is 56.1. The molecule has 11 aromatic rings. The Morgan fingerprint density at radius 2 is 0.704 bits per heavy atom. The molecule has 0 bridgehead atoms. The highest BCUT2D eigenvalue weighted by Crippen LogP contribution is 2.56. The number of hydrogen-bond acceptors (Lipinski definition) is 6. The molecule has 81 heavy (non-hydrogen) atoms. The first-order valence-corrected chi connectivity index (χ1v) is 29.5. The Hall–Kier alpha value is -8.13. The first kappa shape index (κ1) is 51.1. The average molecular weight is 1070 g/mol. The van der Waals surface area contributed by atoms with Crippen molar-refractivity contribution >= 4 is 108 Å². The van der Waals surface area contributed by atoms with E-state index in [-0.39, 0.29) is 21.7 Å². The van der Waals surface area contributed by atoms with E-state index in [0.717, 1.165) is 112 Å². The molecule has 400 valence electrons. The first-order chi connectivity index (χ1) is 38.7. The second-order valence-electron chi connectivity index (χ2n) is 26.6. The lowest BCUT2D eigenvalue weighted by Crippen LogP contribution is -2.60. The van der Waals surface area contributed by atoms with E-state index >= 15 is 0 Å². The van der Waals surface area contributed by atoms with Crippen LogP contribution in [-0.4, -0.2) is 6.71 Å². The smallest absolute Gasteiger partial charge is 0.342 e. The van der Waals surface area contributed by atoms with Gasteiger partial charge in [-0.25, -0.2) is 0 Å². The lowest BCUT2D eigenvalue weighted by atomic mass is 9.37. The molecular formula is C74H68BN3O2S. The summed E-state index contributed by atoms with van der Waals surface area (Å²) in [5.41, 5.74) is 23.6. The van der Waals surface area contributed by atoms with Gasteiger partial charge in [0.05, 0.1) is 28.4 Å². The van der Waals surface area contributed by atoms with Crippen LogP contribution >= 0.6 is 11.8 Å². The summed E-state index contributed by atoms with van der Waals surface area (Å²) in [7, 11) is 0. The Bertz CT molecular complexity index is 4020. The van der Waals surface area contributed by atoms with Crippen molar-refractivity contribution < 1.29 is 8.83 Å². The summed E-state index contributed by atoms with van der Waals surface area (Å²) < 4.78 is 15.5. The molecule has 0 radical (unpaired) electrons. The van der Waals surface area contributed by atoms with Crippen LogP contribution in [0.4, 0.5) is 51.2 Å². The van der Waals surface area contributed by atoms with E-state index in [9.17, 15) is 0 Å². The summed E-state index contributed by atoms with van der Waals surface area (Å²) in [5, 5.41) is 2.09. The van der Waals surface area contributed by atoms with Gasteiger partial charge in [0.1, 0.15) is 22.5 Å². The molecule has 0 saturated carbocycles. The molecule has 0 N–H and O–H groups in total. The van der Waals surface area contributed by atoms with Gasteiger partial charge in [0.25, 0.3) is 0 Å². The number of benzene rings is 9. The topological polar surface area (TPSA) is 36.0 Å². The zero-order valence-electron chi connectivity index (χ0n) is 48.6. The molecule has 5 nitrogen and oxygen atoms in total. The van der Waals surface area contributed by atoms with Crippen molar-refractivity contribution in [1.29, 1.82) is 0 Å². The molecule has 0 fully saturated rings. The van der Waals surface area contributed by atoms with E-state index < -0.39 is 6.71 Å². The average Bonchev–Trinajstić information content (AvgIpc) is 2.09. The molecule has 14 rings (SSSR count). The first-order valence-electron chi connectivity index (χ1n) is 28.7. The van der Waals surface area contributed by atoms with E-state index in [1.807, 2.05) is 11.8 Å². The Morgan fingerprint density at radius 3 is 1.07 bits per heavy atom. The van der Waals surface area contributed by atoms with Gasteiger partial charge in [0.15, 0.2) is 0 Å². The molecule has 2 aromatic heterocycles. The van der Waals surface area contributed by atoms with Crippen molar-refractivity contribution in [2.45, 2.75) is 115 Å². The van der Waals surface area contributed by atoms with Crippen molar-refractivity contribution in [3.05, 3.63) is 216 Å². The Labute approximate surface area is 482 Å². The van der Waals surface area contributed by atoms with Crippen molar-refractivity contribution in [1.82, 2.24) is 0 Å². The summed E-state index contributed by atoms with van der Waals surface area (Å²) in [6, 6.07) is 72.6. The van der Waals surface area contributed by atoms with E-state index in [2.05, 4.69) is 292 Å². The number of para-hydroxylation sites is 4. The number of rotatable bonds is 5. The minimum atomic E-state index is -0.437. The predicted octanol–water partition coefficient (Wildman–Crippen LogP) is 19.7. The lowest BCUT2D eigenvalue weighted by molar-refractivity contribution is 0.590. The maximum atomic E-state index is 7.77. The number of furan rings is 2. The van der Waals surface area contributed by atoms with Gasteiger partial charge in [-0.15, -0.1) is 0 Å². The molecule has 0 spiro atoms. The molecule has 3 aliphatic rings. The fourth-order valence-electron chi connectivity index (χ4n) is 12.6. The second kappa shape index (κ2) is 18.2. The van der Waals surface area contributed by atoms with Gasteiger partial charge in [-0.1, -0.05) is 216 Å². The molecule has 0 atom stereocenters. The molecule has 0 unspecified atom stereocenters. The molecule has 0 aliphatic carbocycles. The largest absolute Gasteiger partial charge is 0.467 e. The van der Waals surface area contributed by atoms with Gasteiger partial charge in [-0.3, -0.25) is 0 Å². The second-order valence-corrected chi connectivity index (χ2v) is 27.7. The van der Waals surface area contributed by atoms with Gasteiger partial charge < -0.3 is 23.5 Å². The third-order valence-electron chi connectivity index (χ3n) is 17.1. The molecule has 0 amide bonds. The van der Waals surface area contributed by atoms with Crippen LogP contribution in [0.5, 0.6) is 0 Å². The van der Waals surface area contributed by atoms with Crippen molar-refractivity contribution in [3.63, 3.8) is 0 Å². The van der Waals surface area contributed by atoms with Gasteiger partial charge >= 0.3 is 6.71 Å². The summed E-state index contributed by atoms with van der Waals surface area (Å²) >= 11 is 1.83. The number of anilines is 9. The van der Waals surface area contributed by atoms with E-state index in [1.165, 1.54) is 32.0 Å². The minimum Gasteiger partial charge on any atom is -0.467 e. The van der Waals surface area contributed by atoms with Crippen LogP contribution in [0.2, 0.25) is 0 Å². The van der Waals surface area contributed by atoms with Gasteiger partial charge in [-0.05, 0) is 133 Å². The highest BCUT2D eigenvalue weighted by molar-refractivity contribution is 7.99. The summed E-state index contributed by atoms with van der Waals surface area (Å²) in [4.78, 5) is 9.92. The lowest BCUT2D eigenvalue weighted by Gasteiger charge is -2.42. The third kappa shape index (κ3) is 8.28. The molecule has 7 heteroatoms. The van der Waals surface area contributed by atoms with Gasteiger partial charge in [0.2, 0.25) is 0 Å². The highest BCUT2D eigenvalue weighted by Gasteiger charge is 2.51. The molecule has 9 aromatic carbocycles. The fraction of sp³-hybridized carbons (Fsp3) is 0.216. The number of fused-ring (bicyclic) bond motifs is 10. The fourth-order valence-corrected chi connectivity index (χ4v) is 13.7. The molecule has 3 aliphatic heterocycles. The van der Waals surface area contributed by atoms with Crippen LogP contribution in [0, 0.1) is 0 Å². The van der Waals surface area contributed by atoms with E-state index in [1.54, 1.807) is 0 Å². The normalized spacial score (nSPS) is 14.0. The quantitative estimate of drug-likeness (QED) is 0.160. The molecular weight excluding hydrogens is 1010 g/mol. The van der Waals surface area contributed by atoms with Crippen LogP contribution in [-0.2, 0) is 21.7 Å². The number of nitrogens with zero attached hydrogens (tertiary/aromatic N) is 3. The summed E-state index contributed by atoms with van der Waals surface area (Å²) in [6.07, 6.45) is 0. The maximum absolute atomic E-state index is 7.77. The Balaban J connectivity index is 1.12. The van der Waals surface area contributed by atoms with Crippen molar-refractivity contribution in [2.75, 3.05) is 14.7 Å². The standard InChI is InChI=1S/C74H68BN3O2S/c1-71(2,3)47-31-27-45(28-32-47)54-19-17-21-56-65-69(79-67(54)56)75-64-60(77(65)51-39-35-49(36-40-51)73(7,8)9)43-53(76-58-23-13-15-25-62(58)81-63-26-16-14-24-59(63)76)44-61(64)78(52-41-37-50(38-42-52)74(10,11)12)66-57-22-18-20-55(68(57)80-70(66)75)46-29-33-48(34-30-46)72(4,5)6/h13-44H,1-12H3.